The lowest BCUT2D eigenvalue weighted by atomic mass is 9.72. The van der Waals surface area contributed by atoms with Crippen LogP contribution in [0.15, 0.2) is 206 Å². The van der Waals surface area contributed by atoms with Gasteiger partial charge in [0.1, 0.15) is 0 Å². The minimum Gasteiger partial charge on any atom is -0.309 e. The SMILES string of the molecule is CC1c2cc3c4cc(-c5cccc6ccccc56)ccc4n(-c4ccccc4)c3cc2-c2ccc3c4cc(-c5cccc6ccccc56)ccc4n(-c4ccccc4)c3c2C1C. The summed E-state index contributed by atoms with van der Waals surface area (Å²) < 4.78 is 5.02. The summed E-state index contributed by atoms with van der Waals surface area (Å²) in [5.41, 5.74) is 17.9. The van der Waals surface area contributed by atoms with E-state index in [1.54, 1.807) is 0 Å². The molecule has 0 radical (unpaired) electrons. The maximum Gasteiger partial charge on any atom is 0.0582 e. The molecule has 12 aromatic rings. The fourth-order valence-corrected chi connectivity index (χ4v) is 11.0. The van der Waals surface area contributed by atoms with Crippen molar-refractivity contribution in [2.24, 2.45) is 0 Å². The van der Waals surface area contributed by atoms with Crippen LogP contribution >= 0.6 is 0 Å². The molecule has 0 spiro atoms. The second-order valence-electron chi connectivity index (χ2n) is 17.3. The summed E-state index contributed by atoms with van der Waals surface area (Å²) >= 11 is 0. The smallest absolute Gasteiger partial charge is 0.0582 e. The van der Waals surface area contributed by atoms with Crippen LogP contribution in [0, 0.1) is 0 Å². The van der Waals surface area contributed by atoms with Gasteiger partial charge in [-0.25, -0.2) is 0 Å². The molecule has 0 fully saturated rings. The zero-order valence-corrected chi connectivity index (χ0v) is 34.7. The Morgan fingerprint density at radius 3 is 1.47 bits per heavy atom. The zero-order chi connectivity index (χ0) is 41.1. The van der Waals surface area contributed by atoms with Crippen molar-refractivity contribution in [2.75, 3.05) is 0 Å². The second kappa shape index (κ2) is 13.4. The number of benzene rings is 10. The number of nitrogens with zero attached hydrogens (tertiary/aromatic N) is 2. The van der Waals surface area contributed by atoms with Crippen LogP contribution in [0.5, 0.6) is 0 Å². The minimum atomic E-state index is 0.275. The Morgan fingerprint density at radius 1 is 0.323 bits per heavy atom. The summed E-state index contributed by atoms with van der Waals surface area (Å²) in [5, 5.41) is 10.2. The topological polar surface area (TPSA) is 9.86 Å². The van der Waals surface area contributed by atoms with E-state index in [9.17, 15) is 0 Å². The molecule has 0 saturated carbocycles. The van der Waals surface area contributed by atoms with E-state index in [-0.39, 0.29) is 11.8 Å². The van der Waals surface area contributed by atoms with Crippen molar-refractivity contribution in [3.63, 3.8) is 0 Å². The average molecular weight is 791 g/mol. The Morgan fingerprint density at radius 2 is 0.839 bits per heavy atom. The van der Waals surface area contributed by atoms with Crippen molar-refractivity contribution in [2.45, 2.75) is 25.7 Å². The van der Waals surface area contributed by atoms with Crippen molar-refractivity contribution in [3.8, 4) is 44.8 Å². The molecular formula is C60H42N2. The van der Waals surface area contributed by atoms with Gasteiger partial charge in [-0.05, 0) is 139 Å². The third-order valence-electron chi connectivity index (χ3n) is 14.1. The van der Waals surface area contributed by atoms with Crippen molar-refractivity contribution in [3.05, 3.63) is 217 Å². The Labute approximate surface area is 360 Å². The van der Waals surface area contributed by atoms with Crippen LogP contribution in [-0.4, -0.2) is 9.13 Å². The van der Waals surface area contributed by atoms with Gasteiger partial charge in [0.15, 0.2) is 0 Å². The van der Waals surface area contributed by atoms with E-state index in [0.29, 0.717) is 0 Å². The molecule has 0 N–H and O–H groups in total. The number of hydrogen-bond acceptors (Lipinski definition) is 0. The Bertz CT molecular complexity index is 3670. The molecule has 62 heavy (non-hydrogen) atoms. The first-order valence-electron chi connectivity index (χ1n) is 21.9. The van der Waals surface area contributed by atoms with Gasteiger partial charge in [0.2, 0.25) is 0 Å². The lowest BCUT2D eigenvalue weighted by Gasteiger charge is -2.33. The van der Waals surface area contributed by atoms with Crippen molar-refractivity contribution in [1.29, 1.82) is 0 Å². The summed E-state index contributed by atoms with van der Waals surface area (Å²) in [6.45, 7) is 4.90. The highest BCUT2D eigenvalue weighted by molar-refractivity contribution is 6.16. The van der Waals surface area contributed by atoms with Gasteiger partial charge in [0.05, 0.1) is 22.1 Å². The Kier molecular flexibility index (Phi) is 7.60. The zero-order valence-electron chi connectivity index (χ0n) is 34.7. The Hall–Kier alpha value is -7.68. The summed E-state index contributed by atoms with van der Waals surface area (Å²) in [6.07, 6.45) is 0. The molecule has 292 valence electrons. The number of rotatable bonds is 4. The third-order valence-corrected chi connectivity index (χ3v) is 14.1. The minimum absolute atomic E-state index is 0.275. The quantitative estimate of drug-likeness (QED) is 0.168. The monoisotopic (exact) mass is 790 g/mol. The van der Waals surface area contributed by atoms with Gasteiger partial charge in [-0.15, -0.1) is 0 Å². The van der Waals surface area contributed by atoms with Crippen LogP contribution in [0.1, 0.15) is 36.8 Å². The molecule has 10 aromatic carbocycles. The molecule has 13 rings (SSSR count). The van der Waals surface area contributed by atoms with E-state index in [0.717, 1.165) is 0 Å². The molecule has 1 aliphatic rings. The molecule has 1 aliphatic carbocycles. The molecule has 0 saturated heterocycles. The third kappa shape index (κ3) is 5.04. The predicted molar refractivity (Wildman–Crippen MR) is 263 cm³/mol. The van der Waals surface area contributed by atoms with Crippen molar-refractivity contribution in [1.82, 2.24) is 9.13 Å². The van der Waals surface area contributed by atoms with Crippen LogP contribution < -0.4 is 0 Å². The van der Waals surface area contributed by atoms with Crippen LogP contribution in [0.3, 0.4) is 0 Å². The fourth-order valence-electron chi connectivity index (χ4n) is 11.0. The number of hydrogen-bond donors (Lipinski definition) is 0. The van der Waals surface area contributed by atoms with E-state index in [2.05, 4.69) is 229 Å². The lowest BCUT2D eigenvalue weighted by Crippen LogP contribution is -2.15. The van der Waals surface area contributed by atoms with Crippen LogP contribution in [-0.2, 0) is 0 Å². The molecule has 0 bridgehead atoms. The van der Waals surface area contributed by atoms with Crippen LogP contribution in [0.4, 0.5) is 0 Å². The van der Waals surface area contributed by atoms with E-state index < -0.39 is 0 Å². The van der Waals surface area contributed by atoms with Gasteiger partial charge in [0.25, 0.3) is 0 Å². The standard InChI is InChI=1S/C60H42N2/c1-37-38(2)59-49(29-30-50-53-33-41(47-25-13-17-39-15-9-11-23-45(39)47)28-32-57(53)62(60(50)59)44-21-7-4-8-22-44)52-36-58-55(35-51(37)52)54-34-42(48-26-14-18-40-16-10-12-24-46(40)48)27-31-56(54)61(58)43-19-5-3-6-20-43/h3-38H,1-2H3. The molecule has 2 unspecified atom stereocenters. The molecule has 2 heterocycles. The number of fused-ring (bicyclic) bond motifs is 12. The van der Waals surface area contributed by atoms with Gasteiger partial charge in [0, 0.05) is 32.9 Å². The summed E-state index contributed by atoms with van der Waals surface area (Å²) in [7, 11) is 0. The molecule has 2 heteroatoms. The first-order valence-corrected chi connectivity index (χ1v) is 21.9. The lowest BCUT2D eigenvalue weighted by molar-refractivity contribution is 0.619. The van der Waals surface area contributed by atoms with E-state index in [1.165, 1.54) is 121 Å². The van der Waals surface area contributed by atoms with Crippen LogP contribution in [0.2, 0.25) is 0 Å². The molecule has 2 aromatic heterocycles. The highest BCUT2D eigenvalue weighted by atomic mass is 15.0. The number of aromatic nitrogens is 2. The van der Waals surface area contributed by atoms with Gasteiger partial charge in [-0.3, -0.25) is 0 Å². The maximum atomic E-state index is 2.54. The Balaban J connectivity index is 1.08. The van der Waals surface area contributed by atoms with Gasteiger partial charge < -0.3 is 9.13 Å². The molecular weight excluding hydrogens is 749 g/mol. The fraction of sp³-hybridized carbons (Fsp3) is 0.0667. The summed E-state index contributed by atoms with van der Waals surface area (Å²) in [4.78, 5) is 0. The highest BCUT2D eigenvalue weighted by Crippen LogP contribution is 2.53. The van der Waals surface area contributed by atoms with Gasteiger partial charge in [-0.1, -0.05) is 159 Å². The molecule has 0 amide bonds. The van der Waals surface area contributed by atoms with E-state index in [4.69, 9.17) is 0 Å². The molecule has 2 nitrogen and oxygen atoms in total. The largest absolute Gasteiger partial charge is 0.309 e. The summed E-state index contributed by atoms with van der Waals surface area (Å²) in [6, 6.07) is 76.7. The first kappa shape index (κ1) is 35.1. The molecule has 0 aliphatic heterocycles. The maximum absolute atomic E-state index is 2.54. The second-order valence-corrected chi connectivity index (χ2v) is 17.3. The van der Waals surface area contributed by atoms with Gasteiger partial charge in [-0.2, -0.15) is 0 Å². The van der Waals surface area contributed by atoms with Crippen molar-refractivity contribution < 1.29 is 0 Å². The molecule has 2 atom stereocenters. The average Bonchev–Trinajstić information content (AvgIpc) is 3.84. The first-order chi connectivity index (χ1) is 30.6. The normalized spacial score (nSPS) is 14.9. The van der Waals surface area contributed by atoms with E-state index >= 15 is 0 Å². The highest BCUT2D eigenvalue weighted by Gasteiger charge is 2.33. The predicted octanol–water partition coefficient (Wildman–Crippen LogP) is 16.4. The van der Waals surface area contributed by atoms with Crippen molar-refractivity contribution >= 4 is 65.2 Å². The van der Waals surface area contributed by atoms with Gasteiger partial charge >= 0.3 is 0 Å². The summed E-state index contributed by atoms with van der Waals surface area (Å²) in [5.74, 6) is 0.564. The number of para-hydroxylation sites is 2. The van der Waals surface area contributed by atoms with E-state index in [1.807, 2.05) is 0 Å². The van der Waals surface area contributed by atoms with Crippen LogP contribution in [0.25, 0.3) is 110 Å².